The van der Waals surface area contributed by atoms with E-state index in [0.717, 1.165) is 0 Å². The minimum atomic E-state index is 0.0519. The van der Waals surface area contributed by atoms with Crippen molar-refractivity contribution in [2.75, 3.05) is 16.8 Å². The van der Waals surface area contributed by atoms with E-state index in [-0.39, 0.29) is 5.41 Å². The Morgan fingerprint density at radius 3 is 1.06 bits per heavy atom. The van der Waals surface area contributed by atoms with E-state index in [2.05, 4.69) is 178 Å². The van der Waals surface area contributed by atoms with Gasteiger partial charge in [0.25, 0.3) is 0 Å². The quantitative estimate of drug-likeness (QED) is 0.171. The van der Waals surface area contributed by atoms with Crippen molar-refractivity contribution in [2.24, 2.45) is 0 Å². The molecule has 1 fully saturated rings. The van der Waals surface area contributed by atoms with E-state index in [0.29, 0.717) is 0 Å². The van der Waals surface area contributed by atoms with Crippen LogP contribution in [0.3, 0.4) is 0 Å². The molecule has 0 unspecified atom stereocenters. The number of benzene rings is 6. The first-order valence-corrected chi connectivity index (χ1v) is 17.8. The molecule has 1 aliphatic rings. The number of anilines is 5. The predicted molar refractivity (Wildman–Crippen MR) is 211 cm³/mol. The molecule has 6 aromatic carbocycles. The zero-order valence-corrected chi connectivity index (χ0v) is 29.9. The lowest BCUT2D eigenvalue weighted by molar-refractivity contribution is 0.346. The van der Waals surface area contributed by atoms with Crippen LogP contribution in [0, 0.1) is 27.7 Å². The van der Waals surface area contributed by atoms with E-state index >= 15 is 0 Å². The highest BCUT2D eigenvalue weighted by atomic mass is 15.1. The molecule has 2 heteroatoms. The van der Waals surface area contributed by atoms with Crippen molar-refractivity contribution in [3.05, 3.63) is 185 Å². The largest absolute Gasteiger partial charge is 0.345 e. The molecule has 0 heterocycles. The molecule has 0 aromatic heterocycles. The molecule has 0 aliphatic heterocycles. The Balaban J connectivity index is 0.000000531. The zero-order valence-electron chi connectivity index (χ0n) is 29.9. The van der Waals surface area contributed by atoms with Crippen LogP contribution in [0.5, 0.6) is 0 Å². The van der Waals surface area contributed by atoms with Crippen molar-refractivity contribution in [3.8, 4) is 0 Å². The lowest BCUT2D eigenvalue weighted by Crippen LogP contribution is -2.30. The molecule has 0 saturated heterocycles. The number of rotatable bonds is 7. The van der Waals surface area contributed by atoms with Crippen LogP contribution in [0.15, 0.2) is 152 Å². The maximum absolute atomic E-state index is 2.39. The molecule has 1 saturated carbocycles. The average Bonchev–Trinajstić information content (AvgIpc) is 3.14. The highest BCUT2D eigenvalue weighted by molar-refractivity contribution is 5.77. The van der Waals surface area contributed by atoms with Gasteiger partial charge in [-0.2, -0.15) is 0 Å². The van der Waals surface area contributed by atoms with E-state index in [1.807, 2.05) is 18.2 Å². The van der Waals surface area contributed by atoms with Gasteiger partial charge in [-0.3, -0.25) is 0 Å². The fourth-order valence-corrected chi connectivity index (χ4v) is 7.12. The Morgan fingerprint density at radius 2 is 0.694 bits per heavy atom. The van der Waals surface area contributed by atoms with E-state index in [4.69, 9.17) is 0 Å². The van der Waals surface area contributed by atoms with Crippen molar-refractivity contribution in [3.63, 3.8) is 0 Å². The molecule has 1 aliphatic carbocycles. The Kier molecular flexibility index (Phi) is 10.6. The van der Waals surface area contributed by atoms with Gasteiger partial charge >= 0.3 is 0 Å². The first-order valence-electron chi connectivity index (χ1n) is 17.8. The number of aryl methyl sites for hydroxylation is 4. The highest BCUT2D eigenvalue weighted by Gasteiger charge is 2.35. The number of hydrogen-bond acceptors (Lipinski definition) is 2. The highest BCUT2D eigenvalue weighted by Crippen LogP contribution is 2.46. The Bertz CT molecular complexity index is 1840. The summed E-state index contributed by atoms with van der Waals surface area (Å²) in [5.74, 6) is 0. The third kappa shape index (κ3) is 7.98. The van der Waals surface area contributed by atoms with Gasteiger partial charge in [-0.15, -0.1) is 0 Å². The third-order valence-electron chi connectivity index (χ3n) is 10.1. The van der Waals surface area contributed by atoms with Gasteiger partial charge in [-0.25, -0.2) is 0 Å². The molecule has 0 N–H and O–H groups in total. The van der Waals surface area contributed by atoms with Crippen LogP contribution >= 0.6 is 0 Å². The molecular formula is C47H50N2. The van der Waals surface area contributed by atoms with Gasteiger partial charge in [0, 0.05) is 40.9 Å². The van der Waals surface area contributed by atoms with Crippen molar-refractivity contribution >= 4 is 28.4 Å². The van der Waals surface area contributed by atoms with Crippen molar-refractivity contribution < 1.29 is 0 Å². The minimum Gasteiger partial charge on any atom is -0.345 e. The molecule has 0 amide bonds. The van der Waals surface area contributed by atoms with E-state index in [1.165, 1.54) is 93.9 Å². The summed E-state index contributed by atoms with van der Waals surface area (Å²) in [6.07, 6.45) is 6.25. The second-order valence-corrected chi connectivity index (χ2v) is 13.8. The summed E-state index contributed by atoms with van der Waals surface area (Å²) >= 11 is 0. The minimum absolute atomic E-state index is 0.0519. The molecule has 0 spiro atoms. The van der Waals surface area contributed by atoms with Crippen LogP contribution in [0.25, 0.3) is 0 Å². The van der Waals surface area contributed by atoms with Crippen LogP contribution in [-0.4, -0.2) is 7.05 Å². The van der Waals surface area contributed by atoms with Crippen LogP contribution < -0.4 is 9.80 Å². The Hall–Kier alpha value is -5.08. The summed E-state index contributed by atoms with van der Waals surface area (Å²) in [7, 11) is 2.16. The second-order valence-electron chi connectivity index (χ2n) is 13.8. The normalized spacial score (nSPS) is 13.6. The van der Waals surface area contributed by atoms with Gasteiger partial charge in [-0.05, 0) is 112 Å². The van der Waals surface area contributed by atoms with Crippen molar-refractivity contribution in [2.45, 2.75) is 65.2 Å². The van der Waals surface area contributed by atoms with E-state index in [1.54, 1.807) is 0 Å². The van der Waals surface area contributed by atoms with Crippen LogP contribution in [-0.2, 0) is 5.41 Å². The summed E-state index contributed by atoms with van der Waals surface area (Å²) in [4.78, 5) is 4.64. The fraction of sp³-hybridized carbons (Fsp3) is 0.234. The molecular weight excluding hydrogens is 593 g/mol. The molecule has 248 valence electrons. The molecule has 0 radical (unpaired) electrons. The first-order chi connectivity index (χ1) is 23.8. The number of hydrogen-bond donors (Lipinski definition) is 0. The second kappa shape index (κ2) is 15.4. The average molecular weight is 643 g/mol. The van der Waals surface area contributed by atoms with Gasteiger partial charge in [0.05, 0.1) is 0 Å². The van der Waals surface area contributed by atoms with Gasteiger partial charge in [0.15, 0.2) is 0 Å². The van der Waals surface area contributed by atoms with E-state index in [9.17, 15) is 0 Å². The summed E-state index contributed by atoms with van der Waals surface area (Å²) < 4.78 is 0. The van der Waals surface area contributed by atoms with Gasteiger partial charge in [0.2, 0.25) is 0 Å². The van der Waals surface area contributed by atoms with E-state index < -0.39 is 0 Å². The fourth-order valence-electron chi connectivity index (χ4n) is 7.12. The lowest BCUT2D eigenvalue weighted by Gasteiger charge is -2.39. The molecule has 6 aromatic rings. The van der Waals surface area contributed by atoms with Crippen LogP contribution in [0.2, 0.25) is 0 Å². The van der Waals surface area contributed by atoms with Crippen molar-refractivity contribution in [1.29, 1.82) is 0 Å². The summed E-state index contributed by atoms with van der Waals surface area (Å²) in [6, 6.07) is 55.5. The molecule has 7 rings (SSSR count). The summed E-state index contributed by atoms with van der Waals surface area (Å²) in [5.41, 5.74) is 14.0. The molecule has 0 atom stereocenters. The predicted octanol–water partition coefficient (Wildman–Crippen LogP) is 13.1. The molecule has 2 nitrogen and oxygen atoms in total. The van der Waals surface area contributed by atoms with Crippen LogP contribution in [0.4, 0.5) is 28.4 Å². The number of nitrogens with zero attached hydrogens (tertiary/aromatic N) is 2. The molecule has 0 bridgehead atoms. The maximum atomic E-state index is 2.39. The summed E-state index contributed by atoms with van der Waals surface area (Å²) in [5, 5.41) is 0. The van der Waals surface area contributed by atoms with Crippen molar-refractivity contribution in [1.82, 2.24) is 0 Å². The first kappa shape index (κ1) is 33.8. The SMILES string of the molecule is Cc1ccc(N(C)c2ccc(C3(c4ccc(N(c5ccc(C)cc5)c5ccc(C)cc5)cc4)CCCCC3)cc2)cc1.Cc1ccccc1. The van der Waals surface area contributed by atoms with Crippen LogP contribution in [0.1, 0.15) is 65.5 Å². The Labute approximate surface area is 294 Å². The summed E-state index contributed by atoms with van der Waals surface area (Å²) in [6.45, 7) is 8.51. The van der Waals surface area contributed by atoms with Gasteiger partial charge < -0.3 is 9.80 Å². The smallest absolute Gasteiger partial charge is 0.0461 e. The topological polar surface area (TPSA) is 6.48 Å². The maximum Gasteiger partial charge on any atom is 0.0461 e. The third-order valence-corrected chi connectivity index (χ3v) is 10.1. The standard InChI is InChI=1S/C40H42N2.C7H8/c1-30-8-18-35(19-9-30)41(4)36-24-14-33(15-25-36)40(28-6-5-7-29-40)34-16-26-39(27-17-34)42(37-20-10-31(2)11-21-37)38-22-12-32(3)13-23-38;1-7-5-3-2-4-6-7/h8-27H,5-7,28-29H2,1-4H3;2-6H,1H3. The lowest BCUT2D eigenvalue weighted by atomic mass is 9.65. The zero-order chi connectivity index (χ0) is 34.2. The molecule has 49 heavy (non-hydrogen) atoms. The van der Waals surface area contributed by atoms with Gasteiger partial charge in [-0.1, -0.05) is 133 Å². The Morgan fingerprint density at radius 1 is 0.367 bits per heavy atom. The monoisotopic (exact) mass is 642 g/mol. The van der Waals surface area contributed by atoms with Gasteiger partial charge in [0.1, 0.15) is 0 Å².